The van der Waals surface area contributed by atoms with Crippen molar-refractivity contribution < 1.29 is 4.79 Å². The number of aromatic amines is 1. The second-order valence-corrected chi connectivity index (χ2v) is 6.99. The van der Waals surface area contributed by atoms with Crippen molar-refractivity contribution >= 4 is 5.91 Å². The first-order valence-electron chi connectivity index (χ1n) is 9.01. The van der Waals surface area contributed by atoms with Crippen molar-refractivity contribution in [3.63, 3.8) is 0 Å². The Bertz CT molecular complexity index is 908. The fourth-order valence-electron chi connectivity index (χ4n) is 3.71. The first-order valence-corrected chi connectivity index (χ1v) is 9.01. The molecular formula is C20H23N5O. The standard InChI is InChI=1S/C20H23N5O/c1-14-5-7-15(8-6-14)17-12-21-23-19(17)16-4-3-11-25(13-16)20(26)18-9-10-22-24(18)2/h5-10,12,16H,3-4,11,13H2,1-2H3,(H,21,23). The van der Waals surface area contributed by atoms with Crippen LogP contribution in [0.3, 0.4) is 0 Å². The molecule has 4 rings (SSSR count). The third-order valence-corrected chi connectivity index (χ3v) is 5.19. The van der Waals surface area contributed by atoms with Gasteiger partial charge in [0.2, 0.25) is 0 Å². The normalized spacial score (nSPS) is 17.5. The number of nitrogens with one attached hydrogen (secondary N) is 1. The van der Waals surface area contributed by atoms with Crippen LogP contribution in [-0.2, 0) is 7.05 Å². The van der Waals surface area contributed by atoms with Crippen LogP contribution in [0.4, 0.5) is 0 Å². The number of carbonyl (C=O) groups is 1. The number of amides is 1. The molecule has 1 unspecified atom stereocenters. The third kappa shape index (κ3) is 3.03. The molecule has 0 saturated carbocycles. The Labute approximate surface area is 152 Å². The zero-order chi connectivity index (χ0) is 18.1. The van der Waals surface area contributed by atoms with E-state index in [0.717, 1.165) is 36.2 Å². The molecule has 1 amide bonds. The van der Waals surface area contributed by atoms with Crippen molar-refractivity contribution in [1.82, 2.24) is 24.9 Å². The molecule has 6 heteroatoms. The molecule has 134 valence electrons. The van der Waals surface area contributed by atoms with Gasteiger partial charge in [-0.25, -0.2) is 0 Å². The van der Waals surface area contributed by atoms with Gasteiger partial charge < -0.3 is 4.90 Å². The number of nitrogens with zero attached hydrogens (tertiary/aromatic N) is 4. The maximum atomic E-state index is 12.8. The fourth-order valence-corrected chi connectivity index (χ4v) is 3.71. The van der Waals surface area contributed by atoms with Gasteiger partial charge in [0.15, 0.2) is 0 Å². The van der Waals surface area contributed by atoms with Crippen LogP contribution < -0.4 is 0 Å². The Hall–Kier alpha value is -2.89. The van der Waals surface area contributed by atoms with E-state index in [1.807, 2.05) is 11.1 Å². The van der Waals surface area contributed by atoms with E-state index in [1.54, 1.807) is 24.0 Å². The number of likely N-dealkylation sites (tertiary alicyclic amines) is 1. The molecule has 0 spiro atoms. The van der Waals surface area contributed by atoms with Gasteiger partial charge in [-0.2, -0.15) is 10.2 Å². The highest BCUT2D eigenvalue weighted by Crippen LogP contribution is 2.33. The molecule has 1 fully saturated rings. The van der Waals surface area contributed by atoms with Gasteiger partial charge in [0.25, 0.3) is 5.91 Å². The van der Waals surface area contributed by atoms with Crippen molar-refractivity contribution in [2.45, 2.75) is 25.7 Å². The van der Waals surface area contributed by atoms with Gasteiger partial charge in [-0.15, -0.1) is 0 Å². The summed E-state index contributed by atoms with van der Waals surface area (Å²) in [6, 6.07) is 10.3. The van der Waals surface area contributed by atoms with Crippen molar-refractivity contribution in [1.29, 1.82) is 0 Å². The highest BCUT2D eigenvalue weighted by molar-refractivity contribution is 5.92. The molecular weight excluding hydrogens is 326 g/mol. The number of H-pyrrole nitrogens is 1. The van der Waals surface area contributed by atoms with Crippen LogP contribution in [0.25, 0.3) is 11.1 Å². The molecule has 1 N–H and O–H groups in total. The third-order valence-electron chi connectivity index (χ3n) is 5.19. The van der Waals surface area contributed by atoms with Gasteiger partial charge in [0.05, 0.1) is 6.20 Å². The predicted octanol–water partition coefficient (Wildman–Crippen LogP) is 3.14. The van der Waals surface area contributed by atoms with E-state index in [0.29, 0.717) is 12.2 Å². The highest BCUT2D eigenvalue weighted by atomic mass is 16.2. The largest absolute Gasteiger partial charge is 0.337 e. The number of aromatic nitrogens is 4. The molecule has 3 heterocycles. The van der Waals surface area contributed by atoms with Gasteiger partial charge in [0.1, 0.15) is 5.69 Å². The average Bonchev–Trinajstić information content (AvgIpc) is 3.31. The number of aryl methyl sites for hydroxylation is 2. The molecule has 1 aliphatic rings. The molecule has 2 aromatic heterocycles. The van der Waals surface area contributed by atoms with E-state index >= 15 is 0 Å². The summed E-state index contributed by atoms with van der Waals surface area (Å²) in [7, 11) is 1.80. The zero-order valence-corrected chi connectivity index (χ0v) is 15.1. The molecule has 0 aliphatic carbocycles. The van der Waals surface area contributed by atoms with Crippen molar-refractivity contribution in [2.24, 2.45) is 7.05 Å². The van der Waals surface area contributed by atoms with Gasteiger partial charge in [-0.05, 0) is 31.4 Å². The summed E-state index contributed by atoms with van der Waals surface area (Å²) in [4.78, 5) is 14.8. The summed E-state index contributed by atoms with van der Waals surface area (Å²) in [5, 5.41) is 11.6. The quantitative estimate of drug-likeness (QED) is 0.790. The number of benzene rings is 1. The van der Waals surface area contributed by atoms with E-state index < -0.39 is 0 Å². The lowest BCUT2D eigenvalue weighted by atomic mass is 9.90. The first-order chi connectivity index (χ1) is 12.6. The van der Waals surface area contributed by atoms with E-state index in [1.165, 1.54) is 5.56 Å². The summed E-state index contributed by atoms with van der Waals surface area (Å²) in [5.41, 5.74) is 5.29. The van der Waals surface area contributed by atoms with Crippen LogP contribution in [0.15, 0.2) is 42.7 Å². The lowest BCUT2D eigenvalue weighted by Crippen LogP contribution is -2.40. The molecule has 1 aliphatic heterocycles. The number of carbonyl (C=O) groups excluding carboxylic acids is 1. The fraction of sp³-hybridized carbons (Fsp3) is 0.350. The minimum Gasteiger partial charge on any atom is -0.337 e. The van der Waals surface area contributed by atoms with Crippen molar-refractivity contribution in [2.75, 3.05) is 13.1 Å². The molecule has 26 heavy (non-hydrogen) atoms. The first kappa shape index (κ1) is 16.6. The molecule has 3 aromatic rings. The zero-order valence-electron chi connectivity index (χ0n) is 15.1. The monoisotopic (exact) mass is 349 g/mol. The Morgan fingerprint density at radius 2 is 2.04 bits per heavy atom. The molecule has 0 bridgehead atoms. The highest BCUT2D eigenvalue weighted by Gasteiger charge is 2.29. The Morgan fingerprint density at radius 3 is 2.77 bits per heavy atom. The van der Waals surface area contributed by atoms with Crippen LogP contribution in [0.5, 0.6) is 0 Å². The van der Waals surface area contributed by atoms with Crippen LogP contribution in [0, 0.1) is 6.92 Å². The number of rotatable bonds is 3. The second kappa shape index (κ2) is 6.78. The van der Waals surface area contributed by atoms with E-state index in [-0.39, 0.29) is 11.8 Å². The summed E-state index contributed by atoms with van der Waals surface area (Å²) in [6.45, 7) is 3.57. The Balaban J connectivity index is 1.57. The Morgan fingerprint density at radius 1 is 1.23 bits per heavy atom. The van der Waals surface area contributed by atoms with E-state index in [9.17, 15) is 4.79 Å². The van der Waals surface area contributed by atoms with Gasteiger partial charge in [-0.3, -0.25) is 14.6 Å². The summed E-state index contributed by atoms with van der Waals surface area (Å²) < 4.78 is 1.64. The predicted molar refractivity (Wildman–Crippen MR) is 99.8 cm³/mol. The number of piperidine rings is 1. The summed E-state index contributed by atoms with van der Waals surface area (Å²) in [6.07, 6.45) is 5.60. The molecule has 0 radical (unpaired) electrons. The summed E-state index contributed by atoms with van der Waals surface area (Å²) >= 11 is 0. The van der Waals surface area contributed by atoms with Crippen LogP contribution in [0.1, 0.15) is 40.5 Å². The maximum Gasteiger partial charge on any atom is 0.272 e. The minimum atomic E-state index is 0.0473. The number of hydrogen-bond acceptors (Lipinski definition) is 3. The minimum absolute atomic E-state index is 0.0473. The Kier molecular flexibility index (Phi) is 4.32. The second-order valence-electron chi connectivity index (χ2n) is 6.99. The molecule has 1 saturated heterocycles. The number of hydrogen-bond donors (Lipinski definition) is 1. The smallest absolute Gasteiger partial charge is 0.272 e. The molecule has 6 nitrogen and oxygen atoms in total. The molecule has 1 atom stereocenters. The van der Waals surface area contributed by atoms with E-state index in [4.69, 9.17) is 0 Å². The SMILES string of the molecule is Cc1ccc(-c2cn[nH]c2C2CCCN(C(=O)c3ccnn3C)C2)cc1. The van der Waals surface area contributed by atoms with Crippen molar-refractivity contribution in [3.05, 3.63) is 59.7 Å². The molecule has 1 aromatic carbocycles. The van der Waals surface area contributed by atoms with E-state index in [2.05, 4.69) is 46.5 Å². The maximum absolute atomic E-state index is 12.8. The van der Waals surface area contributed by atoms with Crippen LogP contribution in [0.2, 0.25) is 0 Å². The van der Waals surface area contributed by atoms with Crippen LogP contribution in [-0.4, -0.2) is 43.9 Å². The summed E-state index contributed by atoms with van der Waals surface area (Å²) in [5.74, 6) is 0.311. The average molecular weight is 349 g/mol. The lowest BCUT2D eigenvalue weighted by Gasteiger charge is -2.32. The van der Waals surface area contributed by atoms with Gasteiger partial charge >= 0.3 is 0 Å². The van der Waals surface area contributed by atoms with Gasteiger partial charge in [-0.1, -0.05) is 29.8 Å². The van der Waals surface area contributed by atoms with Crippen molar-refractivity contribution in [3.8, 4) is 11.1 Å². The van der Waals surface area contributed by atoms with Crippen LogP contribution >= 0.6 is 0 Å². The lowest BCUT2D eigenvalue weighted by molar-refractivity contribution is 0.0695. The topological polar surface area (TPSA) is 66.8 Å². The van der Waals surface area contributed by atoms with Gasteiger partial charge in [0, 0.05) is 43.5 Å².